The minimum Gasteiger partial charge on any atom is -0.492 e. The van der Waals surface area contributed by atoms with Crippen LogP contribution < -0.4 is 10.1 Å². The van der Waals surface area contributed by atoms with Crippen molar-refractivity contribution < 1.29 is 18.3 Å². The number of para-hydroxylation sites is 1. The highest BCUT2D eigenvalue weighted by atomic mass is 19.1. The number of hydrogen-bond donors (Lipinski definition) is 1. The van der Waals surface area contributed by atoms with Gasteiger partial charge < -0.3 is 10.1 Å². The topological polar surface area (TPSA) is 56.1 Å². The molecule has 0 unspecified atom stereocenters. The predicted octanol–water partition coefficient (Wildman–Crippen LogP) is 4.11. The first kappa shape index (κ1) is 17.6. The van der Waals surface area contributed by atoms with Gasteiger partial charge in [-0.15, -0.1) is 0 Å². The average Bonchev–Trinajstić information content (AvgIpc) is 2.99. The van der Waals surface area contributed by atoms with Gasteiger partial charge in [0.2, 0.25) is 0 Å². The molecule has 134 valence electrons. The lowest BCUT2D eigenvalue weighted by Gasteiger charge is -2.11. The van der Waals surface area contributed by atoms with Crippen molar-refractivity contribution in [1.29, 1.82) is 0 Å². The third kappa shape index (κ3) is 3.42. The zero-order valence-corrected chi connectivity index (χ0v) is 14.3. The second-order valence-corrected chi connectivity index (χ2v) is 5.53. The van der Waals surface area contributed by atoms with Crippen LogP contribution in [0.3, 0.4) is 0 Å². The summed E-state index contributed by atoms with van der Waals surface area (Å²) in [5.74, 6) is -1.12. The van der Waals surface area contributed by atoms with E-state index >= 15 is 0 Å². The predicted molar refractivity (Wildman–Crippen MR) is 93.8 cm³/mol. The fraction of sp³-hybridized carbons (Fsp3) is 0.158. The number of nitrogens with zero attached hydrogens (tertiary/aromatic N) is 2. The zero-order valence-electron chi connectivity index (χ0n) is 14.3. The van der Waals surface area contributed by atoms with Crippen LogP contribution in [0.25, 0.3) is 5.69 Å². The van der Waals surface area contributed by atoms with E-state index in [1.807, 2.05) is 0 Å². The third-order valence-electron chi connectivity index (χ3n) is 3.83. The number of hydrogen-bond acceptors (Lipinski definition) is 3. The number of carbonyl (C=O) groups is 1. The summed E-state index contributed by atoms with van der Waals surface area (Å²) in [6.07, 6.45) is 1.36. The minimum atomic E-state index is -0.463. The van der Waals surface area contributed by atoms with E-state index in [9.17, 15) is 13.6 Å². The van der Waals surface area contributed by atoms with E-state index in [0.29, 0.717) is 18.0 Å². The number of benzene rings is 2. The molecule has 7 heteroatoms. The summed E-state index contributed by atoms with van der Waals surface area (Å²) < 4.78 is 34.1. The number of anilines is 1. The first-order valence-corrected chi connectivity index (χ1v) is 8.04. The van der Waals surface area contributed by atoms with Gasteiger partial charge in [-0.1, -0.05) is 12.1 Å². The molecule has 26 heavy (non-hydrogen) atoms. The van der Waals surface area contributed by atoms with Crippen LogP contribution in [0.5, 0.6) is 5.75 Å². The van der Waals surface area contributed by atoms with Crippen molar-refractivity contribution in [2.45, 2.75) is 13.8 Å². The van der Waals surface area contributed by atoms with Gasteiger partial charge in [0.25, 0.3) is 5.91 Å². The van der Waals surface area contributed by atoms with Gasteiger partial charge in [-0.3, -0.25) is 4.79 Å². The van der Waals surface area contributed by atoms with E-state index in [-0.39, 0.29) is 17.0 Å². The number of halogens is 2. The maximum absolute atomic E-state index is 14.0. The lowest BCUT2D eigenvalue weighted by Crippen LogP contribution is -2.14. The molecule has 2 aromatic carbocycles. The van der Waals surface area contributed by atoms with Crippen molar-refractivity contribution in [2.75, 3.05) is 11.9 Å². The highest BCUT2D eigenvalue weighted by Crippen LogP contribution is 2.26. The molecule has 0 radical (unpaired) electrons. The molecular formula is C19H17F2N3O2. The van der Waals surface area contributed by atoms with Crippen LogP contribution in [-0.4, -0.2) is 22.3 Å². The van der Waals surface area contributed by atoms with E-state index < -0.39 is 17.5 Å². The molecule has 5 nitrogen and oxygen atoms in total. The second kappa shape index (κ2) is 7.35. The van der Waals surface area contributed by atoms with Crippen LogP contribution >= 0.6 is 0 Å². The van der Waals surface area contributed by atoms with Gasteiger partial charge in [-0.05, 0) is 38.1 Å². The monoisotopic (exact) mass is 357 g/mol. The third-order valence-corrected chi connectivity index (χ3v) is 3.83. The highest BCUT2D eigenvalue weighted by Gasteiger charge is 2.18. The van der Waals surface area contributed by atoms with Gasteiger partial charge in [0.1, 0.15) is 23.1 Å². The molecule has 1 amide bonds. The van der Waals surface area contributed by atoms with Gasteiger partial charge in [0.15, 0.2) is 0 Å². The van der Waals surface area contributed by atoms with Gasteiger partial charge >= 0.3 is 0 Å². The highest BCUT2D eigenvalue weighted by molar-refractivity contribution is 6.05. The quantitative estimate of drug-likeness (QED) is 0.748. The molecule has 0 fully saturated rings. The van der Waals surface area contributed by atoms with E-state index in [1.54, 1.807) is 32.0 Å². The molecule has 0 saturated heterocycles. The van der Waals surface area contributed by atoms with Gasteiger partial charge in [0, 0.05) is 6.07 Å². The fourth-order valence-corrected chi connectivity index (χ4v) is 2.56. The number of rotatable bonds is 5. The van der Waals surface area contributed by atoms with Crippen molar-refractivity contribution in [3.63, 3.8) is 0 Å². The van der Waals surface area contributed by atoms with Crippen molar-refractivity contribution in [2.24, 2.45) is 0 Å². The Labute approximate surface area is 149 Å². The molecule has 0 bridgehead atoms. The van der Waals surface area contributed by atoms with Crippen LogP contribution in [-0.2, 0) is 0 Å². The number of ether oxygens (including phenoxy) is 1. The number of amides is 1. The maximum atomic E-state index is 14.0. The number of aromatic nitrogens is 2. The van der Waals surface area contributed by atoms with Crippen molar-refractivity contribution in [3.8, 4) is 11.4 Å². The Balaban J connectivity index is 1.90. The molecule has 0 spiro atoms. The van der Waals surface area contributed by atoms with Crippen molar-refractivity contribution in [1.82, 2.24) is 9.78 Å². The van der Waals surface area contributed by atoms with Crippen LogP contribution in [0.1, 0.15) is 23.0 Å². The van der Waals surface area contributed by atoms with Crippen LogP contribution in [0.2, 0.25) is 0 Å². The van der Waals surface area contributed by atoms with Crippen molar-refractivity contribution in [3.05, 3.63) is 71.6 Å². The van der Waals surface area contributed by atoms with Crippen LogP contribution in [0.4, 0.5) is 14.5 Å². The fourth-order valence-electron chi connectivity index (χ4n) is 2.56. The Morgan fingerprint density at radius 2 is 2.00 bits per heavy atom. The summed E-state index contributed by atoms with van der Waals surface area (Å²) in [6.45, 7) is 3.76. The molecule has 1 aromatic heterocycles. The molecule has 0 saturated carbocycles. The molecule has 0 aliphatic carbocycles. The summed E-state index contributed by atoms with van der Waals surface area (Å²) in [5.41, 5.74) is 1.35. The Morgan fingerprint density at radius 3 is 2.73 bits per heavy atom. The van der Waals surface area contributed by atoms with Crippen molar-refractivity contribution >= 4 is 11.6 Å². The van der Waals surface area contributed by atoms with Gasteiger partial charge in [-0.25, -0.2) is 13.5 Å². The molecule has 3 aromatic rings. The normalized spacial score (nSPS) is 10.6. The molecule has 0 aliphatic heterocycles. The molecule has 0 aliphatic rings. The largest absolute Gasteiger partial charge is 0.492 e. The molecule has 1 heterocycles. The zero-order chi connectivity index (χ0) is 18.7. The Bertz CT molecular complexity index is 954. The summed E-state index contributed by atoms with van der Waals surface area (Å²) in [6, 6.07) is 10.0. The summed E-state index contributed by atoms with van der Waals surface area (Å²) in [4.78, 5) is 12.6. The Morgan fingerprint density at radius 1 is 1.23 bits per heavy atom. The standard InChI is InChI=1S/C19H17F2N3O2/c1-3-26-18-10-13(20)8-9-16(18)23-19(25)14-11-22-24(12(14)2)17-7-5-4-6-15(17)21/h4-11H,3H2,1-2H3,(H,23,25). The minimum absolute atomic E-state index is 0.236. The lowest BCUT2D eigenvalue weighted by molar-refractivity contribution is 0.102. The van der Waals surface area contributed by atoms with Crippen LogP contribution in [0, 0.1) is 18.6 Å². The smallest absolute Gasteiger partial charge is 0.259 e. The summed E-state index contributed by atoms with van der Waals surface area (Å²) in [7, 11) is 0. The van der Waals surface area contributed by atoms with Gasteiger partial charge in [0.05, 0.1) is 29.7 Å². The molecular weight excluding hydrogens is 340 g/mol. The molecule has 1 N–H and O–H groups in total. The van der Waals surface area contributed by atoms with E-state index in [0.717, 1.165) is 0 Å². The second-order valence-electron chi connectivity index (χ2n) is 5.53. The summed E-state index contributed by atoms with van der Waals surface area (Å²) in [5, 5.41) is 6.79. The van der Waals surface area contributed by atoms with E-state index in [2.05, 4.69) is 10.4 Å². The Kier molecular flexibility index (Phi) is 4.97. The SMILES string of the molecule is CCOc1cc(F)ccc1NC(=O)c1cnn(-c2ccccc2F)c1C. The van der Waals surface area contributed by atoms with E-state index in [4.69, 9.17) is 4.74 Å². The Hall–Kier alpha value is -3.22. The van der Waals surface area contributed by atoms with Gasteiger partial charge in [-0.2, -0.15) is 5.10 Å². The maximum Gasteiger partial charge on any atom is 0.259 e. The molecule has 3 rings (SSSR count). The first-order valence-electron chi connectivity index (χ1n) is 8.04. The summed E-state index contributed by atoms with van der Waals surface area (Å²) >= 11 is 0. The van der Waals surface area contributed by atoms with E-state index in [1.165, 1.54) is 35.1 Å². The average molecular weight is 357 g/mol. The molecule has 0 atom stereocenters. The number of carbonyl (C=O) groups excluding carboxylic acids is 1. The number of nitrogens with one attached hydrogen (secondary N) is 1. The van der Waals surface area contributed by atoms with Crippen LogP contribution in [0.15, 0.2) is 48.7 Å². The first-order chi connectivity index (χ1) is 12.5. The lowest BCUT2D eigenvalue weighted by atomic mass is 10.2.